The van der Waals surface area contributed by atoms with E-state index in [2.05, 4.69) is 11.4 Å². The number of carbonyl (C=O) groups excluding carboxylic acids is 1. The Morgan fingerprint density at radius 2 is 1.21 bits per heavy atom. The van der Waals surface area contributed by atoms with E-state index in [-0.39, 0.29) is 0 Å². The zero-order chi connectivity index (χ0) is 22.9. The molecule has 5 nitrogen and oxygen atoms in total. The summed E-state index contributed by atoms with van der Waals surface area (Å²) < 4.78 is 11.3. The van der Waals surface area contributed by atoms with Crippen LogP contribution >= 0.6 is 0 Å². The van der Waals surface area contributed by atoms with Gasteiger partial charge in [0.25, 0.3) is 0 Å². The van der Waals surface area contributed by atoms with Crippen LogP contribution in [0.2, 0.25) is 0 Å². The molecule has 0 aromatic heterocycles. The minimum absolute atomic E-state index is 0.410. The van der Waals surface area contributed by atoms with Crippen molar-refractivity contribution in [3.8, 4) is 17.6 Å². The van der Waals surface area contributed by atoms with E-state index in [1.54, 1.807) is 24.3 Å². The lowest BCUT2D eigenvalue weighted by molar-refractivity contribution is 0.120. The number of para-hydroxylation sites is 1. The highest BCUT2D eigenvalue weighted by molar-refractivity contribution is 5.69. The van der Waals surface area contributed by atoms with E-state index < -0.39 is 18.2 Å². The lowest BCUT2D eigenvalue weighted by Crippen LogP contribution is -2.30. The molecular weight excluding hydrogens is 412 g/mol. The van der Waals surface area contributed by atoms with E-state index in [9.17, 15) is 10.1 Å². The summed E-state index contributed by atoms with van der Waals surface area (Å²) in [4.78, 5) is 12.8. The van der Waals surface area contributed by atoms with E-state index in [1.807, 2.05) is 91.0 Å². The molecule has 0 aliphatic carbocycles. The minimum atomic E-state index is -1.09. The average molecular weight is 434 g/mol. The first-order valence-corrected chi connectivity index (χ1v) is 10.5. The van der Waals surface area contributed by atoms with Crippen LogP contribution in [0.25, 0.3) is 0 Å². The number of nitriles is 1. The van der Waals surface area contributed by atoms with Crippen LogP contribution in [0.3, 0.4) is 0 Å². The molecule has 0 heterocycles. The summed E-state index contributed by atoms with van der Waals surface area (Å²) in [7, 11) is 0. The third kappa shape index (κ3) is 5.78. The molecule has 0 bridgehead atoms. The maximum Gasteiger partial charge on any atom is 0.409 e. The molecule has 4 rings (SSSR count). The third-order valence-electron chi connectivity index (χ3n) is 5.01. The van der Waals surface area contributed by atoms with Gasteiger partial charge in [-0.1, -0.05) is 91.0 Å². The van der Waals surface area contributed by atoms with Gasteiger partial charge in [-0.25, -0.2) is 4.79 Å². The summed E-state index contributed by atoms with van der Waals surface area (Å²) in [5.74, 6) is 1.23. The monoisotopic (exact) mass is 434 g/mol. The molecule has 33 heavy (non-hydrogen) atoms. The van der Waals surface area contributed by atoms with Gasteiger partial charge in [-0.05, 0) is 35.4 Å². The maximum atomic E-state index is 12.8. The van der Waals surface area contributed by atoms with Crippen molar-refractivity contribution in [1.82, 2.24) is 5.32 Å². The number of hydrogen-bond donors (Lipinski definition) is 1. The Balaban J connectivity index is 1.49. The number of rotatable bonds is 7. The Morgan fingerprint density at radius 3 is 1.79 bits per heavy atom. The normalized spacial score (nSPS) is 11.3. The van der Waals surface area contributed by atoms with Crippen LogP contribution in [0, 0.1) is 11.3 Å². The van der Waals surface area contributed by atoms with Crippen molar-refractivity contribution in [3.63, 3.8) is 0 Å². The summed E-state index contributed by atoms with van der Waals surface area (Å²) in [6.07, 6.45) is -1.77. The van der Waals surface area contributed by atoms with Gasteiger partial charge < -0.3 is 14.8 Å². The number of benzene rings is 4. The molecule has 0 saturated carbocycles. The van der Waals surface area contributed by atoms with Gasteiger partial charge in [-0.2, -0.15) is 5.26 Å². The molecule has 5 heteroatoms. The van der Waals surface area contributed by atoms with Gasteiger partial charge in [-0.15, -0.1) is 0 Å². The summed E-state index contributed by atoms with van der Waals surface area (Å²) in [6, 6.07) is 37.2. The standard InChI is InChI=1S/C28H22N2O3/c29-20-26(23-15-10-18-25(19-23)32-24-16-8-3-9-17-24)33-28(31)30-27(21-11-4-1-5-12-21)22-13-6-2-7-14-22/h1-19,26-27H,(H,30,31). The summed E-state index contributed by atoms with van der Waals surface area (Å²) in [5, 5.41) is 12.6. The molecule has 0 fully saturated rings. The van der Waals surface area contributed by atoms with Crippen molar-refractivity contribution in [1.29, 1.82) is 5.26 Å². The molecule has 0 aliphatic rings. The average Bonchev–Trinajstić information content (AvgIpc) is 2.87. The summed E-state index contributed by atoms with van der Waals surface area (Å²) in [6.45, 7) is 0. The van der Waals surface area contributed by atoms with Gasteiger partial charge in [0.2, 0.25) is 6.10 Å². The van der Waals surface area contributed by atoms with Gasteiger partial charge in [0.05, 0.1) is 6.04 Å². The zero-order valence-corrected chi connectivity index (χ0v) is 17.8. The van der Waals surface area contributed by atoms with Crippen molar-refractivity contribution in [2.24, 2.45) is 0 Å². The second-order valence-electron chi connectivity index (χ2n) is 7.30. The molecule has 0 radical (unpaired) electrons. The van der Waals surface area contributed by atoms with Crippen LogP contribution in [0.5, 0.6) is 11.5 Å². The first-order chi connectivity index (χ1) is 16.2. The number of nitrogens with one attached hydrogen (secondary N) is 1. The number of carbonyl (C=O) groups is 1. The SMILES string of the molecule is N#CC(OC(=O)NC(c1ccccc1)c1ccccc1)c1cccc(Oc2ccccc2)c1. The Labute approximate surface area is 192 Å². The maximum absolute atomic E-state index is 12.8. The smallest absolute Gasteiger partial charge is 0.409 e. The predicted octanol–water partition coefficient (Wildman–Crippen LogP) is 6.56. The number of hydrogen-bond acceptors (Lipinski definition) is 4. The van der Waals surface area contributed by atoms with Crippen molar-refractivity contribution in [2.45, 2.75) is 12.1 Å². The summed E-state index contributed by atoms with van der Waals surface area (Å²) >= 11 is 0. The first kappa shape index (κ1) is 21.7. The van der Waals surface area contributed by atoms with Crippen molar-refractivity contribution in [2.75, 3.05) is 0 Å². The van der Waals surface area contributed by atoms with Crippen LogP contribution in [0.1, 0.15) is 28.8 Å². The molecule has 4 aromatic rings. The van der Waals surface area contributed by atoms with Crippen LogP contribution in [-0.4, -0.2) is 6.09 Å². The second kappa shape index (κ2) is 10.7. The van der Waals surface area contributed by atoms with Crippen molar-refractivity contribution in [3.05, 3.63) is 132 Å². The topological polar surface area (TPSA) is 71.3 Å². The van der Waals surface area contributed by atoms with Gasteiger partial charge in [0.15, 0.2) is 0 Å². The predicted molar refractivity (Wildman–Crippen MR) is 126 cm³/mol. The molecule has 0 saturated heterocycles. The fourth-order valence-corrected chi connectivity index (χ4v) is 3.44. The van der Waals surface area contributed by atoms with Crippen LogP contribution in [-0.2, 0) is 4.74 Å². The molecule has 1 unspecified atom stereocenters. The Bertz CT molecular complexity index is 1180. The molecule has 0 spiro atoms. The lowest BCUT2D eigenvalue weighted by atomic mass is 9.99. The van der Waals surface area contributed by atoms with Crippen LogP contribution in [0.15, 0.2) is 115 Å². The molecule has 162 valence electrons. The Hall–Kier alpha value is -4.56. The summed E-state index contributed by atoms with van der Waals surface area (Å²) in [5.41, 5.74) is 2.34. The fourth-order valence-electron chi connectivity index (χ4n) is 3.44. The highest BCUT2D eigenvalue weighted by Gasteiger charge is 2.21. The number of amides is 1. The highest BCUT2D eigenvalue weighted by atomic mass is 16.6. The Morgan fingerprint density at radius 1 is 0.697 bits per heavy atom. The lowest BCUT2D eigenvalue weighted by Gasteiger charge is -2.21. The van der Waals surface area contributed by atoms with E-state index >= 15 is 0 Å². The zero-order valence-electron chi connectivity index (χ0n) is 17.8. The molecule has 1 amide bonds. The molecule has 0 aliphatic heterocycles. The number of ether oxygens (including phenoxy) is 2. The number of nitrogens with zero attached hydrogens (tertiary/aromatic N) is 1. The molecular formula is C28H22N2O3. The Kier molecular flexibility index (Phi) is 6.99. The quantitative estimate of drug-likeness (QED) is 0.358. The number of alkyl carbamates (subject to hydrolysis) is 1. The minimum Gasteiger partial charge on any atom is -0.457 e. The molecule has 1 atom stereocenters. The van der Waals surface area contributed by atoms with Gasteiger partial charge >= 0.3 is 6.09 Å². The van der Waals surface area contributed by atoms with Gasteiger partial charge in [0, 0.05) is 5.56 Å². The van der Waals surface area contributed by atoms with E-state index in [4.69, 9.17) is 9.47 Å². The molecule has 1 N–H and O–H groups in total. The second-order valence-corrected chi connectivity index (χ2v) is 7.30. The van der Waals surface area contributed by atoms with Crippen molar-refractivity contribution >= 4 is 6.09 Å². The molecule has 4 aromatic carbocycles. The van der Waals surface area contributed by atoms with Crippen molar-refractivity contribution < 1.29 is 14.3 Å². The van der Waals surface area contributed by atoms with Crippen LogP contribution < -0.4 is 10.1 Å². The third-order valence-corrected chi connectivity index (χ3v) is 5.01. The van der Waals surface area contributed by atoms with Gasteiger partial charge in [-0.3, -0.25) is 0 Å². The van der Waals surface area contributed by atoms with E-state index in [1.165, 1.54) is 0 Å². The van der Waals surface area contributed by atoms with E-state index in [0.717, 1.165) is 11.1 Å². The van der Waals surface area contributed by atoms with Crippen LogP contribution in [0.4, 0.5) is 4.79 Å². The largest absolute Gasteiger partial charge is 0.457 e. The first-order valence-electron chi connectivity index (χ1n) is 10.5. The van der Waals surface area contributed by atoms with E-state index in [0.29, 0.717) is 17.1 Å². The van der Waals surface area contributed by atoms with Gasteiger partial charge in [0.1, 0.15) is 17.6 Å². The fraction of sp³-hybridized carbons (Fsp3) is 0.0714. The highest BCUT2D eigenvalue weighted by Crippen LogP contribution is 2.27.